The van der Waals surface area contributed by atoms with Crippen LogP contribution in [0.3, 0.4) is 0 Å². The van der Waals surface area contributed by atoms with Crippen LogP contribution in [-0.4, -0.2) is 47.3 Å². The SMILES string of the molecule is Cc1cccc2[nH]c(=S)n(CCCN3CCOCC3)c12. The van der Waals surface area contributed by atoms with E-state index in [-0.39, 0.29) is 0 Å². The summed E-state index contributed by atoms with van der Waals surface area (Å²) < 4.78 is 8.44. The molecule has 0 saturated carbocycles. The highest BCUT2D eigenvalue weighted by molar-refractivity contribution is 7.71. The molecule has 5 heteroatoms. The Balaban J connectivity index is 1.71. The zero-order valence-electron chi connectivity index (χ0n) is 11.9. The number of aromatic nitrogens is 2. The molecule has 4 nitrogen and oxygen atoms in total. The minimum absolute atomic E-state index is 0.830. The lowest BCUT2D eigenvalue weighted by Gasteiger charge is -2.26. The monoisotopic (exact) mass is 291 g/mol. The highest BCUT2D eigenvalue weighted by atomic mass is 32.1. The molecular weight excluding hydrogens is 270 g/mol. The fourth-order valence-corrected chi connectivity index (χ4v) is 3.19. The lowest BCUT2D eigenvalue weighted by molar-refractivity contribution is 0.0369. The van der Waals surface area contributed by atoms with E-state index in [0.717, 1.165) is 56.1 Å². The molecule has 1 aromatic heterocycles. The van der Waals surface area contributed by atoms with Gasteiger partial charge in [0.05, 0.1) is 24.2 Å². The van der Waals surface area contributed by atoms with Crippen LogP contribution in [0, 0.1) is 11.7 Å². The third-order valence-electron chi connectivity index (χ3n) is 3.95. The lowest BCUT2D eigenvalue weighted by Crippen LogP contribution is -2.37. The first-order chi connectivity index (χ1) is 9.75. The van der Waals surface area contributed by atoms with Crippen LogP contribution in [-0.2, 0) is 11.3 Å². The summed E-state index contributed by atoms with van der Waals surface area (Å²) in [6.45, 7) is 8.07. The second-order valence-corrected chi connectivity index (χ2v) is 5.75. The molecule has 1 aliphatic rings. The van der Waals surface area contributed by atoms with Crippen LogP contribution in [0.1, 0.15) is 12.0 Å². The number of para-hydroxylation sites is 1. The summed E-state index contributed by atoms with van der Waals surface area (Å²) in [5.41, 5.74) is 3.67. The van der Waals surface area contributed by atoms with Gasteiger partial charge in [-0.15, -0.1) is 0 Å². The number of aryl methyl sites for hydroxylation is 2. The number of hydrogen-bond donors (Lipinski definition) is 1. The van der Waals surface area contributed by atoms with Crippen molar-refractivity contribution in [1.29, 1.82) is 0 Å². The van der Waals surface area contributed by atoms with Gasteiger partial charge in [0.1, 0.15) is 0 Å². The summed E-state index contributed by atoms with van der Waals surface area (Å²) in [7, 11) is 0. The first-order valence-corrected chi connectivity index (χ1v) is 7.65. The smallest absolute Gasteiger partial charge is 0.178 e. The van der Waals surface area contributed by atoms with E-state index in [1.165, 1.54) is 11.1 Å². The number of hydrogen-bond acceptors (Lipinski definition) is 3. The number of benzene rings is 1. The Morgan fingerprint density at radius 2 is 2.05 bits per heavy atom. The van der Waals surface area contributed by atoms with Gasteiger partial charge in [-0.3, -0.25) is 4.90 Å². The maximum Gasteiger partial charge on any atom is 0.178 e. The number of nitrogens with zero attached hydrogens (tertiary/aromatic N) is 2. The maximum atomic E-state index is 5.46. The Kier molecular flexibility index (Phi) is 4.19. The van der Waals surface area contributed by atoms with Crippen molar-refractivity contribution in [2.75, 3.05) is 32.8 Å². The number of aromatic amines is 1. The van der Waals surface area contributed by atoms with Crippen LogP contribution in [0.5, 0.6) is 0 Å². The van der Waals surface area contributed by atoms with Gasteiger partial charge in [0.25, 0.3) is 0 Å². The van der Waals surface area contributed by atoms with Crippen molar-refractivity contribution in [2.45, 2.75) is 19.9 Å². The van der Waals surface area contributed by atoms with Crippen LogP contribution in [0.2, 0.25) is 0 Å². The Labute approximate surface area is 124 Å². The molecule has 0 unspecified atom stereocenters. The Morgan fingerprint density at radius 3 is 2.85 bits per heavy atom. The third kappa shape index (κ3) is 2.80. The number of imidazole rings is 1. The van der Waals surface area contributed by atoms with Crippen molar-refractivity contribution in [3.8, 4) is 0 Å². The zero-order valence-corrected chi connectivity index (χ0v) is 12.7. The normalized spacial score (nSPS) is 16.9. The molecule has 1 saturated heterocycles. The quantitative estimate of drug-likeness (QED) is 0.879. The van der Waals surface area contributed by atoms with Crippen molar-refractivity contribution in [2.24, 2.45) is 0 Å². The van der Waals surface area contributed by atoms with E-state index in [0.29, 0.717) is 0 Å². The fourth-order valence-electron chi connectivity index (χ4n) is 2.89. The largest absolute Gasteiger partial charge is 0.379 e. The van der Waals surface area contributed by atoms with Gasteiger partial charge in [0.15, 0.2) is 4.77 Å². The first-order valence-electron chi connectivity index (χ1n) is 7.24. The van der Waals surface area contributed by atoms with Crippen LogP contribution in [0.4, 0.5) is 0 Å². The van der Waals surface area contributed by atoms with Crippen LogP contribution < -0.4 is 0 Å². The lowest BCUT2D eigenvalue weighted by atomic mass is 10.2. The molecule has 1 N–H and O–H groups in total. The Hall–Kier alpha value is -1.17. The van der Waals surface area contributed by atoms with Crippen LogP contribution >= 0.6 is 12.2 Å². The molecule has 1 aliphatic heterocycles. The van der Waals surface area contributed by atoms with E-state index >= 15 is 0 Å². The van der Waals surface area contributed by atoms with Crippen molar-refractivity contribution in [3.63, 3.8) is 0 Å². The second kappa shape index (κ2) is 6.08. The van der Waals surface area contributed by atoms with Gasteiger partial charge in [0.2, 0.25) is 0 Å². The average Bonchev–Trinajstić information content (AvgIpc) is 2.78. The molecule has 0 amide bonds. The predicted molar refractivity (Wildman–Crippen MR) is 83.7 cm³/mol. The second-order valence-electron chi connectivity index (χ2n) is 5.36. The van der Waals surface area contributed by atoms with Crippen LogP contribution in [0.15, 0.2) is 18.2 Å². The summed E-state index contributed by atoms with van der Waals surface area (Å²) in [6, 6.07) is 6.31. The number of H-pyrrole nitrogens is 1. The number of ether oxygens (including phenoxy) is 1. The van der Waals surface area contributed by atoms with Gasteiger partial charge in [-0.2, -0.15) is 0 Å². The van der Waals surface area contributed by atoms with E-state index in [1.54, 1.807) is 0 Å². The average molecular weight is 291 g/mol. The number of fused-ring (bicyclic) bond motifs is 1. The molecule has 2 aromatic rings. The van der Waals surface area contributed by atoms with Crippen molar-refractivity contribution in [1.82, 2.24) is 14.5 Å². The van der Waals surface area contributed by atoms with Crippen molar-refractivity contribution in [3.05, 3.63) is 28.5 Å². The Morgan fingerprint density at radius 1 is 1.25 bits per heavy atom. The van der Waals surface area contributed by atoms with E-state index in [1.807, 2.05) is 0 Å². The van der Waals surface area contributed by atoms with Gasteiger partial charge >= 0.3 is 0 Å². The predicted octanol–water partition coefficient (Wildman–Crippen LogP) is 2.73. The van der Waals surface area contributed by atoms with E-state index in [2.05, 4.69) is 39.6 Å². The van der Waals surface area contributed by atoms with Gasteiger partial charge in [0, 0.05) is 26.2 Å². The van der Waals surface area contributed by atoms with E-state index in [4.69, 9.17) is 17.0 Å². The molecule has 1 fully saturated rings. The zero-order chi connectivity index (χ0) is 13.9. The molecule has 2 heterocycles. The molecule has 0 bridgehead atoms. The molecule has 0 atom stereocenters. The summed E-state index contributed by atoms with van der Waals surface area (Å²) in [4.78, 5) is 5.77. The molecule has 0 radical (unpaired) electrons. The topological polar surface area (TPSA) is 33.2 Å². The first kappa shape index (κ1) is 13.8. The maximum absolute atomic E-state index is 5.46. The van der Waals surface area contributed by atoms with E-state index < -0.39 is 0 Å². The highest BCUT2D eigenvalue weighted by Crippen LogP contribution is 2.18. The number of nitrogens with one attached hydrogen (secondary N) is 1. The summed E-state index contributed by atoms with van der Waals surface area (Å²) in [6.07, 6.45) is 1.12. The Bertz CT molecular complexity index is 640. The summed E-state index contributed by atoms with van der Waals surface area (Å²) in [5.74, 6) is 0. The molecular formula is C15H21N3OS. The molecule has 0 spiro atoms. The number of rotatable bonds is 4. The number of morpholine rings is 1. The molecule has 108 valence electrons. The summed E-state index contributed by atoms with van der Waals surface area (Å²) >= 11 is 5.46. The third-order valence-corrected chi connectivity index (χ3v) is 4.28. The highest BCUT2D eigenvalue weighted by Gasteiger charge is 2.11. The minimum atomic E-state index is 0.830. The van der Waals surface area contributed by atoms with Gasteiger partial charge in [-0.05, 0) is 37.2 Å². The van der Waals surface area contributed by atoms with Gasteiger partial charge in [-0.1, -0.05) is 12.1 Å². The molecule has 1 aromatic carbocycles. The van der Waals surface area contributed by atoms with Crippen molar-refractivity contribution < 1.29 is 4.74 Å². The molecule has 3 rings (SSSR count). The van der Waals surface area contributed by atoms with Crippen molar-refractivity contribution >= 4 is 23.3 Å². The molecule has 20 heavy (non-hydrogen) atoms. The van der Waals surface area contributed by atoms with E-state index in [9.17, 15) is 0 Å². The van der Waals surface area contributed by atoms with Gasteiger partial charge < -0.3 is 14.3 Å². The standard InChI is InChI=1S/C15H21N3OS/c1-12-4-2-5-13-14(12)18(15(20)16-13)7-3-6-17-8-10-19-11-9-17/h2,4-5H,3,6-11H2,1H3,(H,16,20). The van der Waals surface area contributed by atoms with Crippen LogP contribution in [0.25, 0.3) is 11.0 Å². The fraction of sp³-hybridized carbons (Fsp3) is 0.533. The minimum Gasteiger partial charge on any atom is -0.379 e. The van der Waals surface area contributed by atoms with Gasteiger partial charge in [-0.25, -0.2) is 0 Å². The molecule has 0 aliphatic carbocycles. The summed E-state index contributed by atoms with van der Waals surface area (Å²) in [5, 5.41) is 0.